The summed E-state index contributed by atoms with van der Waals surface area (Å²) in [4.78, 5) is 4.09. The van der Waals surface area contributed by atoms with Crippen molar-refractivity contribution in [3.05, 3.63) is 5.82 Å². The first-order chi connectivity index (χ1) is 6.58. The number of nitrogens with one attached hydrogen (secondary N) is 1. The molecule has 0 unspecified atom stereocenters. The summed E-state index contributed by atoms with van der Waals surface area (Å²) in [5.74, 6) is 1.20. The number of hydrogen-bond acceptors (Lipinski definition) is 4. The Morgan fingerprint density at radius 2 is 2.14 bits per heavy atom. The summed E-state index contributed by atoms with van der Waals surface area (Å²) in [5, 5.41) is 3.01. The minimum absolute atomic E-state index is 0.365. The van der Waals surface area contributed by atoms with Gasteiger partial charge < -0.3 is 5.32 Å². The van der Waals surface area contributed by atoms with Crippen molar-refractivity contribution in [3.63, 3.8) is 0 Å². The Labute approximate surface area is 85.7 Å². The summed E-state index contributed by atoms with van der Waals surface area (Å²) >= 11 is 1.13. The van der Waals surface area contributed by atoms with E-state index < -0.39 is 6.43 Å². The zero-order valence-corrected chi connectivity index (χ0v) is 8.94. The summed E-state index contributed by atoms with van der Waals surface area (Å²) in [6.07, 6.45) is -1.57. The Bertz CT molecular complexity index is 275. The molecule has 14 heavy (non-hydrogen) atoms. The number of halogens is 2. The normalized spacial score (nSPS) is 11.3. The lowest BCUT2D eigenvalue weighted by atomic mass is 10.1. The lowest BCUT2D eigenvalue weighted by Gasteiger charge is -1.99. The van der Waals surface area contributed by atoms with Crippen molar-refractivity contribution in [3.8, 4) is 0 Å². The van der Waals surface area contributed by atoms with E-state index in [0.29, 0.717) is 11.0 Å². The van der Waals surface area contributed by atoms with Crippen LogP contribution in [0.25, 0.3) is 0 Å². The molecule has 0 fully saturated rings. The second-order valence-corrected chi connectivity index (χ2v) is 4.14. The second kappa shape index (κ2) is 5.19. The van der Waals surface area contributed by atoms with Crippen molar-refractivity contribution in [1.29, 1.82) is 0 Å². The minimum Gasteiger partial charge on any atom is -0.355 e. The number of alkyl halides is 2. The summed E-state index contributed by atoms with van der Waals surface area (Å²) in [7, 11) is 0. The fourth-order valence-electron chi connectivity index (χ4n) is 0.938. The molecule has 3 nitrogen and oxygen atoms in total. The van der Waals surface area contributed by atoms with E-state index >= 15 is 0 Å². The highest BCUT2D eigenvalue weighted by molar-refractivity contribution is 7.09. The first-order valence-electron chi connectivity index (χ1n) is 4.42. The maximum absolute atomic E-state index is 11.8. The van der Waals surface area contributed by atoms with Crippen molar-refractivity contribution in [2.24, 2.45) is 5.92 Å². The maximum Gasteiger partial charge on any atom is 0.255 e. The zero-order chi connectivity index (χ0) is 10.6. The van der Waals surface area contributed by atoms with Gasteiger partial charge >= 0.3 is 0 Å². The van der Waals surface area contributed by atoms with Crippen LogP contribution in [0.5, 0.6) is 0 Å². The van der Waals surface area contributed by atoms with Crippen LogP contribution in [-0.4, -0.2) is 22.3 Å². The predicted octanol–water partition coefficient (Wildman–Crippen LogP) is 2.41. The van der Waals surface area contributed by atoms with Gasteiger partial charge in [0.1, 0.15) is 5.82 Å². The number of rotatable bonds is 5. The van der Waals surface area contributed by atoms with Crippen LogP contribution in [0.1, 0.15) is 19.7 Å². The standard InChI is InChI=1S/C8H13F2N3S/c1-5(2)3-7-12-8(14-13-7)11-4-6(9)10/h5-6H,3-4H2,1-2H3,(H,11,12,13). The summed E-state index contributed by atoms with van der Waals surface area (Å²) in [6.45, 7) is 3.76. The fourth-order valence-corrected chi connectivity index (χ4v) is 1.54. The van der Waals surface area contributed by atoms with Gasteiger partial charge in [-0.15, -0.1) is 0 Å². The molecule has 0 aliphatic rings. The van der Waals surface area contributed by atoms with Crippen LogP contribution in [0.3, 0.4) is 0 Å². The molecule has 1 heterocycles. The molecular formula is C8H13F2N3S. The predicted molar refractivity (Wildman–Crippen MR) is 52.9 cm³/mol. The van der Waals surface area contributed by atoms with Gasteiger partial charge in [0.2, 0.25) is 5.13 Å². The van der Waals surface area contributed by atoms with Gasteiger partial charge in [-0.3, -0.25) is 0 Å². The molecule has 0 saturated carbocycles. The van der Waals surface area contributed by atoms with Crippen LogP contribution < -0.4 is 5.32 Å². The molecule has 1 aromatic heterocycles. The first kappa shape index (κ1) is 11.3. The monoisotopic (exact) mass is 221 g/mol. The topological polar surface area (TPSA) is 37.8 Å². The molecule has 0 atom stereocenters. The molecule has 0 aromatic carbocycles. The van der Waals surface area contributed by atoms with Gasteiger partial charge in [0.25, 0.3) is 6.43 Å². The second-order valence-electron chi connectivity index (χ2n) is 3.39. The van der Waals surface area contributed by atoms with E-state index in [-0.39, 0.29) is 6.54 Å². The highest BCUT2D eigenvalue weighted by Crippen LogP contribution is 2.13. The van der Waals surface area contributed by atoms with Crippen molar-refractivity contribution in [1.82, 2.24) is 9.36 Å². The SMILES string of the molecule is CC(C)Cc1nsc(NCC(F)F)n1. The third-order valence-electron chi connectivity index (χ3n) is 1.47. The third-order valence-corrected chi connectivity index (χ3v) is 2.18. The Kier molecular flexibility index (Phi) is 4.19. The quantitative estimate of drug-likeness (QED) is 0.829. The third kappa shape index (κ3) is 3.95. The van der Waals surface area contributed by atoms with Gasteiger partial charge in [0, 0.05) is 18.0 Å². The molecule has 80 valence electrons. The summed E-state index contributed by atoms with van der Waals surface area (Å²) in [6, 6.07) is 0. The van der Waals surface area contributed by atoms with Crippen LogP contribution in [0.2, 0.25) is 0 Å². The molecule has 0 spiro atoms. The molecule has 0 amide bonds. The summed E-state index contributed by atoms with van der Waals surface area (Å²) < 4.78 is 27.7. The van der Waals surface area contributed by atoms with Crippen molar-refractivity contribution < 1.29 is 8.78 Å². The van der Waals surface area contributed by atoms with Crippen molar-refractivity contribution in [2.75, 3.05) is 11.9 Å². The number of aromatic nitrogens is 2. The van der Waals surface area contributed by atoms with E-state index in [1.54, 1.807) is 0 Å². The molecule has 1 aromatic rings. The average Bonchev–Trinajstić information content (AvgIpc) is 2.47. The number of anilines is 1. The molecule has 6 heteroatoms. The first-order valence-corrected chi connectivity index (χ1v) is 5.20. The van der Waals surface area contributed by atoms with E-state index in [1.807, 2.05) is 0 Å². The maximum atomic E-state index is 11.8. The molecule has 0 aliphatic carbocycles. The van der Waals surface area contributed by atoms with E-state index in [0.717, 1.165) is 23.8 Å². The average molecular weight is 221 g/mol. The van der Waals surface area contributed by atoms with E-state index in [1.165, 1.54) is 0 Å². The minimum atomic E-state index is -2.35. The van der Waals surface area contributed by atoms with Crippen LogP contribution in [0.15, 0.2) is 0 Å². The van der Waals surface area contributed by atoms with Gasteiger partial charge in [-0.25, -0.2) is 13.8 Å². The van der Waals surface area contributed by atoms with Crippen molar-refractivity contribution >= 4 is 16.7 Å². The zero-order valence-electron chi connectivity index (χ0n) is 8.13. The van der Waals surface area contributed by atoms with Crippen molar-refractivity contribution in [2.45, 2.75) is 26.7 Å². The smallest absolute Gasteiger partial charge is 0.255 e. The van der Waals surface area contributed by atoms with Gasteiger partial charge in [0.15, 0.2) is 0 Å². The number of hydrogen-bond donors (Lipinski definition) is 1. The molecule has 1 rings (SSSR count). The lowest BCUT2D eigenvalue weighted by Crippen LogP contribution is -2.09. The Morgan fingerprint density at radius 3 is 2.71 bits per heavy atom. The van der Waals surface area contributed by atoms with Crippen LogP contribution in [0, 0.1) is 5.92 Å². The highest BCUT2D eigenvalue weighted by Gasteiger charge is 2.07. The fraction of sp³-hybridized carbons (Fsp3) is 0.750. The molecule has 0 bridgehead atoms. The van der Waals surface area contributed by atoms with E-state index in [4.69, 9.17) is 0 Å². The van der Waals surface area contributed by atoms with E-state index in [2.05, 4.69) is 28.5 Å². The highest BCUT2D eigenvalue weighted by atomic mass is 32.1. The molecule has 0 radical (unpaired) electrons. The Hall–Kier alpha value is -0.780. The molecule has 0 aliphatic heterocycles. The molecule has 0 saturated heterocycles. The largest absolute Gasteiger partial charge is 0.355 e. The number of nitrogens with zero attached hydrogens (tertiary/aromatic N) is 2. The molecular weight excluding hydrogens is 208 g/mol. The molecule has 1 N–H and O–H groups in total. The van der Waals surface area contributed by atoms with Crippen LogP contribution in [-0.2, 0) is 6.42 Å². The Balaban J connectivity index is 2.42. The summed E-state index contributed by atoms with van der Waals surface area (Å²) in [5.41, 5.74) is 0. The van der Waals surface area contributed by atoms with Crippen LogP contribution >= 0.6 is 11.5 Å². The van der Waals surface area contributed by atoms with Gasteiger partial charge in [-0.05, 0) is 5.92 Å². The lowest BCUT2D eigenvalue weighted by molar-refractivity contribution is 0.163. The Morgan fingerprint density at radius 1 is 1.43 bits per heavy atom. The van der Waals surface area contributed by atoms with Gasteiger partial charge in [0.05, 0.1) is 6.54 Å². The van der Waals surface area contributed by atoms with E-state index in [9.17, 15) is 8.78 Å². The van der Waals surface area contributed by atoms with Gasteiger partial charge in [-0.1, -0.05) is 13.8 Å². The van der Waals surface area contributed by atoms with Gasteiger partial charge in [-0.2, -0.15) is 4.37 Å². The van der Waals surface area contributed by atoms with Crippen LogP contribution in [0.4, 0.5) is 13.9 Å².